The van der Waals surface area contributed by atoms with Crippen LogP contribution >= 0.6 is 0 Å². The molecule has 24 heavy (non-hydrogen) atoms. The van der Waals surface area contributed by atoms with Gasteiger partial charge in [0.25, 0.3) is 0 Å². The number of sulfone groups is 1. The Morgan fingerprint density at radius 3 is 2.50 bits per heavy atom. The average molecular weight is 347 g/mol. The molecule has 0 bridgehead atoms. The van der Waals surface area contributed by atoms with Crippen LogP contribution in [0.4, 0.5) is 4.79 Å². The second kappa shape index (κ2) is 8.44. The van der Waals surface area contributed by atoms with Crippen LogP contribution < -0.4 is 10.6 Å². The number of pyridine rings is 1. The normalized spacial score (nSPS) is 12.4. The summed E-state index contributed by atoms with van der Waals surface area (Å²) in [4.78, 5) is 16.0. The van der Waals surface area contributed by atoms with E-state index in [4.69, 9.17) is 0 Å². The van der Waals surface area contributed by atoms with Gasteiger partial charge in [-0.1, -0.05) is 36.4 Å². The summed E-state index contributed by atoms with van der Waals surface area (Å²) in [5.74, 6) is -0.130. The molecular formula is C17H21N3O3S. The number of aromatic nitrogens is 1. The molecule has 1 aromatic heterocycles. The van der Waals surface area contributed by atoms with Gasteiger partial charge in [0.1, 0.15) is 0 Å². The summed E-state index contributed by atoms with van der Waals surface area (Å²) in [6.07, 6.45) is 1.65. The maximum Gasteiger partial charge on any atom is 0.315 e. The smallest absolute Gasteiger partial charge is 0.315 e. The van der Waals surface area contributed by atoms with Gasteiger partial charge in [0.2, 0.25) is 0 Å². The zero-order valence-corrected chi connectivity index (χ0v) is 14.3. The van der Waals surface area contributed by atoms with E-state index < -0.39 is 15.9 Å². The maximum absolute atomic E-state index is 12.0. The van der Waals surface area contributed by atoms with Crippen molar-refractivity contribution in [2.75, 3.05) is 12.3 Å². The Hall–Kier alpha value is -2.41. The van der Waals surface area contributed by atoms with Crippen LogP contribution in [0.5, 0.6) is 0 Å². The highest BCUT2D eigenvalue weighted by Gasteiger charge is 2.14. The molecule has 1 unspecified atom stereocenters. The summed E-state index contributed by atoms with van der Waals surface area (Å²) in [5, 5.41) is 5.29. The zero-order valence-electron chi connectivity index (χ0n) is 13.5. The van der Waals surface area contributed by atoms with E-state index in [1.807, 2.05) is 25.1 Å². The molecule has 0 fully saturated rings. The van der Waals surface area contributed by atoms with Gasteiger partial charge in [0.05, 0.1) is 23.2 Å². The molecule has 7 heteroatoms. The van der Waals surface area contributed by atoms with E-state index in [2.05, 4.69) is 15.6 Å². The van der Waals surface area contributed by atoms with Gasteiger partial charge in [-0.25, -0.2) is 13.2 Å². The number of hydrogen-bond donors (Lipinski definition) is 2. The lowest BCUT2D eigenvalue weighted by atomic mass is 10.2. The third-order valence-electron chi connectivity index (χ3n) is 3.41. The van der Waals surface area contributed by atoms with E-state index in [9.17, 15) is 13.2 Å². The third kappa shape index (κ3) is 6.00. The molecule has 0 radical (unpaired) electrons. The van der Waals surface area contributed by atoms with E-state index in [1.54, 1.807) is 36.5 Å². The molecule has 128 valence electrons. The molecule has 1 atom stereocenters. The molecule has 2 amide bonds. The van der Waals surface area contributed by atoms with Crippen molar-refractivity contribution in [2.45, 2.75) is 18.7 Å². The highest BCUT2D eigenvalue weighted by atomic mass is 32.2. The molecule has 1 aromatic carbocycles. The highest BCUT2D eigenvalue weighted by Crippen LogP contribution is 2.07. The van der Waals surface area contributed by atoms with Gasteiger partial charge < -0.3 is 10.6 Å². The number of carbonyl (C=O) groups is 1. The molecule has 0 saturated carbocycles. The van der Waals surface area contributed by atoms with Gasteiger partial charge in [-0.05, 0) is 24.6 Å². The number of benzene rings is 1. The number of nitrogens with zero attached hydrogens (tertiary/aromatic N) is 1. The molecule has 0 aliphatic carbocycles. The number of hydrogen-bond acceptors (Lipinski definition) is 4. The van der Waals surface area contributed by atoms with Crippen molar-refractivity contribution in [3.05, 3.63) is 66.0 Å². The van der Waals surface area contributed by atoms with E-state index in [0.29, 0.717) is 0 Å². The molecule has 0 aliphatic heterocycles. The molecule has 6 nitrogen and oxygen atoms in total. The fourth-order valence-electron chi connectivity index (χ4n) is 2.17. The van der Waals surface area contributed by atoms with Crippen LogP contribution in [-0.4, -0.2) is 31.7 Å². The van der Waals surface area contributed by atoms with E-state index in [-0.39, 0.29) is 24.1 Å². The van der Waals surface area contributed by atoms with Crippen LogP contribution in [0, 0.1) is 0 Å². The SMILES string of the molecule is CC(NC(=O)NCCS(=O)(=O)Cc1ccccc1)c1ccccn1. The van der Waals surface area contributed by atoms with Crippen LogP contribution in [0.2, 0.25) is 0 Å². The molecule has 1 heterocycles. The largest absolute Gasteiger partial charge is 0.337 e. The Balaban J connectivity index is 1.76. The first kappa shape index (κ1) is 17.9. The summed E-state index contributed by atoms with van der Waals surface area (Å²) < 4.78 is 24.1. The monoisotopic (exact) mass is 347 g/mol. The first-order valence-corrected chi connectivity index (χ1v) is 9.48. The van der Waals surface area contributed by atoms with E-state index in [0.717, 1.165) is 11.3 Å². The minimum Gasteiger partial charge on any atom is -0.337 e. The Bertz CT molecular complexity index is 749. The Morgan fingerprint density at radius 1 is 1.12 bits per heavy atom. The zero-order chi connectivity index (χ0) is 17.4. The standard InChI is InChI=1S/C17H21N3O3S/c1-14(16-9-5-6-10-18-16)20-17(21)19-11-12-24(22,23)13-15-7-3-2-4-8-15/h2-10,14H,11-13H2,1H3,(H2,19,20,21). The van der Waals surface area contributed by atoms with Crippen molar-refractivity contribution >= 4 is 15.9 Å². The quantitative estimate of drug-likeness (QED) is 0.802. The summed E-state index contributed by atoms with van der Waals surface area (Å²) in [6.45, 7) is 1.88. The average Bonchev–Trinajstić information content (AvgIpc) is 2.56. The summed E-state index contributed by atoms with van der Waals surface area (Å²) >= 11 is 0. The minimum atomic E-state index is -3.27. The van der Waals surface area contributed by atoms with Crippen molar-refractivity contribution in [1.29, 1.82) is 0 Å². The second-order valence-electron chi connectivity index (χ2n) is 5.45. The number of urea groups is 1. The maximum atomic E-state index is 12.0. The fraction of sp³-hybridized carbons (Fsp3) is 0.294. The molecule has 0 spiro atoms. The topological polar surface area (TPSA) is 88.2 Å². The molecular weight excluding hydrogens is 326 g/mol. The van der Waals surface area contributed by atoms with E-state index in [1.165, 1.54) is 0 Å². The first-order chi connectivity index (χ1) is 11.5. The van der Waals surface area contributed by atoms with E-state index >= 15 is 0 Å². The van der Waals surface area contributed by atoms with Gasteiger partial charge in [-0.2, -0.15) is 0 Å². The van der Waals surface area contributed by atoms with Gasteiger partial charge in [-0.15, -0.1) is 0 Å². The van der Waals surface area contributed by atoms with Crippen LogP contribution in [0.15, 0.2) is 54.7 Å². The minimum absolute atomic E-state index is 0.0263. The van der Waals surface area contributed by atoms with Gasteiger partial charge in [-0.3, -0.25) is 4.98 Å². The number of rotatable bonds is 7. The molecule has 2 aromatic rings. The van der Waals surface area contributed by atoms with Crippen molar-refractivity contribution in [3.63, 3.8) is 0 Å². The summed E-state index contributed by atoms with van der Waals surface area (Å²) in [5.41, 5.74) is 1.48. The Labute approximate surface area is 142 Å². The summed E-state index contributed by atoms with van der Waals surface area (Å²) in [7, 11) is -3.27. The van der Waals surface area contributed by atoms with Crippen molar-refractivity contribution < 1.29 is 13.2 Å². The fourth-order valence-corrected chi connectivity index (χ4v) is 3.43. The lowest BCUT2D eigenvalue weighted by Crippen LogP contribution is -2.39. The lowest BCUT2D eigenvalue weighted by molar-refractivity contribution is 0.238. The van der Waals surface area contributed by atoms with Crippen molar-refractivity contribution in [2.24, 2.45) is 0 Å². The van der Waals surface area contributed by atoms with Gasteiger partial charge in [0, 0.05) is 12.7 Å². The van der Waals surface area contributed by atoms with Crippen LogP contribution in [0.3, 0.4) is 0 Å². The predicted molar refractivity (Wildman–Crippen MR) is 93.1 cm³/mol. The van der Waals surface area contributed by atoms with Gasteiger partial charge >= 0.3 is 6.03 Å². The number of amides is 2. The molecule has 2 rings (SSSR count). The number of nitrogens with one attached hydrogen (secondary N) is 2. The van der Waals surface area contributed by atoms with Crippen LogP contribution in [0.25, 0.3) is 0 Å². The first-order valence-electron chi connectivity index (χ1n) is 7.66. The van der Waals surface area contributed by atoms with Crippen molar-refractivity contribution in [3.8, 4) is 0 Å². The summed E-state index contributed by atoms with van der Waals surface area (Å²) in [6, 6.07) is 13.8. The predicted octanol–water partition coefficient (Wildman–Crippen LogP) is 2.06. The van der Waals surface area contributed by atoms with Crippen LogP contribution in [-0.2, 0) is 15.6 Å². The lowest BCUT2D eigenvalue weighted by Gasteiger charge is -2.14. The Morgan fingerprint density at radius 2 is 1.83 bits per heavy atom. The van der Waals surface area contributed by atoms with Crippen LogP contribution in [0.1, 0.15) is 24.2 Å². The molecule has 2 N–H and O–H groups in total. The Kier molecular flexibility index (Phi) is 6.31. The second-order valence-corrected chi connectivity index (χ2v) is 7.64. The highest BCUT2D eigenvalue weighted by molar-refractivity contribution is 7.90. The molecule has 0 saturated heterocycles. The van der Waals surface area contributed by atoms with Crippen molar-refractivity contribution in [1.82, 2.24) is 15.6 Å². The third-order valence-corrected chi connectivity index (χ3v) is 5.01. The van der Waals surface area contributed by atoms with Gasteiger partial charge in [0.15, 0.2) is 9.84 Å². The molecule has 0 aliphatic rings. The number of carbonyl (C=O) groups excluding carboxylic acids is 1.